The molecule has 5 nitrogen and oxygen atoms in total. The number of aliphatic hydroxyl groups is 1. The van der Waals surface area contributed by atoms with E-state index in [4.69, 9.17) is 9.84 Å². The maximum Gasteiger partial charge on any atom is 0.240 e. The first-order valence-electron chi connectivity index (χ1n) is 6.27. The molecule has 2 N–H and O–H groups in total. The molecule has 0 fully saturated rings. The highest BCUT2D eigenvalue weighted by molar-refractivity contribution is 7.89. The van der Waals surface area contributed by atoms with Gasteiger partial charge in [-0.1, -0.05) is 6.07 Å². The minimum Gasteiger partial charge on any atom is -0.494 e. The lowest BCUT2D eigenvalue weighted by Crippen LogP contribution is -2.26. The van der Waals surface area contributed by atoms with Gasteiger partial charge in [-0.2, -0.15) is 0 Å². The molecule has 108 valence electrons. The molecular weight excluding hydrogens is 266 g/mol. The van der Waals surface area contributed by atoms with Gasteiger partial charge in [0.2, 0.25) is 10.0 Å². The molecule has 0 aromatic heterocycles. The average molecular weight is 287 g/mol. The van der Waals surface area contributed by atoms with E-state index in [1.54, 1.807) is 19.1 Å². The van der Waals surface area contributed by atoms with E-state index in [0.717, 1.165) is 5.56 Å². The predicted octanol–water partition coefficient (Wildman–Crippen LogP) is 1.36. The van der Waals surface area contributed by atoms with Gasteiger partial charge in [-0.3, -0.25) is 0 Å². The van der Waals surface area contributed by atoms with Crippen LogP contribution in [0.25, 0.3) is 0 Å². The average Bonchev–Trinajstić information content (AvgIpc) is 2.32. The van der Waals surface area contributed by atoms with Crippen molar-refractivity contribution >= 4 is 10.0 Å². The predicted molar refractivity (Wildman–Crippen MR) is 74.0 cm³/mol. The van der Waals surface area contributed by atoms with Crippen molar-refractivity contribution in [2.45, 2.75) is 32.1 Å². The fourth-order valence-electron chi connectivity index (χ4n) is 1.78. The highest BCUT2D eigenvalue weighted by Crippen LogP contribution is 2.26. The summed E-state index contributed by atoms with van der Waals surface area (Å²) in [4.78, 5) is 0.222. The Morgan fingerprint density at radius 1 is 1.26 bits per heavy atom. The number of hydrogen-bond donors (Lipinski definition) is 2. The lowest BCUT2D eigenvalue weighted by Gasteiger charge is -2.13. The first-order valence-corrected chi connectivity index (χ1v) is 7.75. The molecule has 0 aliphatic carbocycles. The fourth-order valence-corrected chi connectivity index (χ4v) is 3.09. The summed E-state index contributed by atoms with van der Waals surface area (Å²) in [6, 6.07) is 3.35. The molecule has 0 atom stereocenters. The molecule has 1 aromatic rings. The summed E-state index contributed by atoms with van der Waals surface area (Å²) in [7, 11) is -3.56. The molecule has 1 rings (SSSR count). The number of sulfonamides is 1. The molecule has 0 unspecified atom stereocenters. The third-order valence-electron chi connectivity index (χ3n) is 2.69. The first-order chi connectivity index (χ1) is 8.92. The normalized spacial score (nSPS) is 11.6. The van der Waals surface area contributed by atoms with Crippen LogP contribution in [0.4, 0.5) is 0 Å². The van der Waals surface area contributed by atoms with Crippen LogP contribution in [-0.2, 0) is 10.0 Å². The summed E-state index contributed by atoms with van der Waals surface area (Å²) < 4.78 is 32.2. The maximum absolute atomic E-state index is 12.1. The fraction of sp³-hybridized carbons (Fsp3) is 0.538. The third-order valence-corrected chi connectivity index (χ3v) is 4.29. The highest BCUT2D eigenvalue weighted by Gasteiger charge is 2.18. The number of benzene rings is 1. The Morgan fingerprint density at radius 2 is 1.95 bits per heavy atom. The molecule has 0 amide bonds. The van der Waals surface area contributed by atoms with Gasteiger partial charge in [0, 0.05) is 19.2 Å². The van der Waals surface area contributed by atoms with E-state index in [1.807, 2.05) is 13.8 Å². The minimum absolute atomic E-state index is 0.0421. The number of aryl methyl sites for hydroxylation is 2. The quantitative estimate of drug-likeness (QED) is 0.743. The van der Waals surface area contributed by atoms with Crippen LogP contribution in [-0.4, -0.2) is 33.3 Å². The summed E-state index contributed by atoms with van der Waals surface area (Å²) in [5.74, 6) is 0.579. The van der Waals surface area contributed by atoms with Crippen molar-refractivity contribution < 1.29 is 18.3 Å². The van der Waals surface area contributed by atoms with Gasteiger partial charge in [0.1, 0.15) is 5.75 Å². The molecule has 0 saturated heterocycles. The molecule has 0 aliphatic heterocycles. The van der Waals surface area contributed by atoms with E-state index in [9.17, 15) is 8.42 Å². The monoisotopic (exact) mass is 287 g/mol. The zero-order valence-corrected chi connectivity index (χ0v) is 12.4. The van der Waals surface area contributed by atoms with Crippen LogP contribution in [0.5, 0.6) is 5.75 Å². The van der Waals surface area contributed by atoms with Gasteiger partial charge in [0.15, 0.2) is 0 Å². The number of hydrogen-bond acceptors (Lipinski definition) is 4. The number of aliphatic hydroxyl groups excluding tert-OH is 1. The Kier molecular flexibility index (Phi) is 5.78. The van der Waals surface area contributed by atoms with Gasteiger partial charge >= 0.3 is 0 Å². The van der Waals surface area contributed by atoms with Crippen molar-refractivity contribution in [3.63, 3.8) is 0 Å². The molecule has 6 heteroatoms. The van der Waals surface area contributed by atoms with Crippen molar-refractivity contribution in [2.24, 2.45) is 0 Å². The highest BCUT2D eigenvalue weighted by atomic mass is 32.2. The second-order valence-electron chi connectivity index (χ2n) is 4.29. The van der Waals surface area contributed by atoms with Crippen molar-refractivity contribution in [2.75, 3.05) is 19.8 Å². The van der Waals surface area contributed by atoms with Crippen LogP contribution in [0.3, 0.4) is 0 Å². The van der Waals surface area contributed by atoms with Gasteiger partial charge in [-0.25, -0.2) is 13.1 Å². The molecule has 0 spiro atoms. The van der Waals surface area contributed by atoms with Crippen molar-refractivity contribution in [1.29, 1.82) is 0 Å². The summed E-state index contributed by atoms with van der Waals surface area (Å²) in [6.45, 7) is 6.15. The van der Waals surface area contributed by atoms with E-state index in [2.05, 4.69) is 4.72 Å². The van der Waals surface area contributed by atoms with E-state index < -0.39 is 10.0 Å². The second kappa shape index (κ2) is 6.88. The SMILES string of the molecule is CCOc1cc(S(=O)(=O)NCCCO)c(C)cc1C. The largest absolute Gasteiger partial charge is 0.494 e. The smallest absolute Gasteiger partial charge is 0.240 e. The summed E-state index contributed by atoms with van der Waals surface area (Å²) in [5, 5.41) is 8.68. The molecule has 0 heterocycles. The Bertz CT molecular complexity index is 526. The van der Waals surface area contributed by atoms with Crippen LogP contribution < -0.4 is 9.46 Å². The Balaban J connectivity index is 3.08. The molecule has 19 heavy (non-hydrogen) atoms. The van der Waals surface area contributed by atoms with Crippen molar-refractivity contribution in [3.8, 4) is 5.75 Å². The van der Waals surface area contributed by atoms with Gasteiger partial charge in [0.25, 0.3) is 0 Å². The molecular formula is C13H21NO4S. The van der Waals surface area contributed by atoms with Crippen LogP contribution in [0.1, 0.15) is 24.5 Å². The summed E-state index contributed by atoms with van der Waals surface area (Å²) in [6.07, 6.45) is 0.391. The van der Waals surface area contributed by atoms with E-state index in [0.29, 0.717) is 24.3 Å². The lowest BCUT2D eigenvalue weighted by atomic mass is 10.1. The lowest BCUT2D eigenvalue weighted by molar-refractivity contribution is 0.289. The first kappa shape index (κ1) is 15.9. The van der Waals surface area contributed by atoms with Gasteiger partial charge in [-0.05, 0) is 38.3 Å². The molecule has 1 aromatic carbocycles. The molecule has 0 saturated carbocycles. The van der Waals surface area contributed by atoms with Gasteiger partial charge < -0.3 is 9.84 Å². The maximum atomic E-state index is 12.1. The zero-order chi connectivity index (χ0) is 14.5. The molecule has 0 aliphatic rings. The van der Waals surface area contributed by atoms with E-state index in [1.165, 1.54) is 0 Å². The molecule has 0 bridgehead atoms. The van der Waals surface area contributed by atoms with E-state index in [-0.39, 0.29) is 18.0 Å². The standard InChI is InChI=1S/C13H21NO4S/c1-4-18-12-9-13(11(3)8-10(12)2)19(16,17)14-6-5-7-15/h8-9,14-15H,4-7H2,1-3H3. The third kappa shape index (κ3) is 4.19. The topological polar surface area (TPSA) is 75.6 Å². The number of nitrogens with one attached hydrogen (secondary N) is 1. The van der Waals surface area contributed by atoms with Crippen LogP contribution in [0.2, 0.25) is 0 Å². The second-order valence-corrected chi connectivity index (χ2v) is 6.03. The summed E-state index contributed by atoms with van der Waals surface area (Å²) >= 11 is 0. The summed E-state index contributed by atoms with van der Waals surface area (Å²) in [5.41, 5.74) is 1.59. The number of rotatable bonds is 7. The van der Waals surface area contributed by atoms with Crippen molar-refractivity contribution in [1.82, 2.24) is 4.72 Å². The minimum atomic E-state index is -3.56. The van der Waals surface area contributed by atoms with Crippen LogP contribution in [0.15, 0.2) is 17.0 Å². The van der Waals surface area contributed by atoms with Gasteiger partial charge in [0.05, 0.1) is 11.5 Å². The van der Waals surface area contributed by atoms with Crippen LogP contribution >= 0.6 is 0 Å². The van der Waals surface area contributed by atoms with Gasteiger partial charge in [-0.15, -0.1) is 0 Å². The van der Waals surface area contributed by atoms with E-state index >= 15 is 0 Å². The molecule has 0 radical (unpaired) electrons. The Morgan fingerprint density at radius 3 is 2.53 bits per heavy atom. The van der Waals surface area contributed by atoms with Crippen LogP contribution in [0, 0.1) is 13.8 Å². The number of ether oxygens (including phenoxy) is 1. The van der Waals surface area contributed by atoms with Crippen molar-refractivity contribution in [3.05, 3.63) is 23.3 Å². The Labute approximate surface area is 114 Å². The Hall–Kier alpha value is -1.11. The zero-order valence-electron chi connectivity index (χ0n) is 11.6.